The van der Waals surface area contributed by atoms with Crippen molar-refractivity contribution in [2.45, 2.75) is 32.1 Å². The van der Waals surface area contributed by atoms with Crippen molar-refractivity contribution in [2.24, 2.45) is 0 Å². The maximum atomic E-state index is 13.4. The Morgan fingerprint density at radius 1 is 0.929 bits per heavy atom. The summed E-state index contributed by atoms with van der Waals surface area (Å²) < 4.78 is 45.2. The highest BCUT2D eigenvalue weighted by Crippen LogP contribution is 2.38. The second-order valence-corrected chi connectivity index (χ2v) is 6.88. The number of nitrogens with zero attached hydrogens (tertiary/aromatic N) is 2. The predicted molar refractivity (Wildman–Crippen MR) is 100 cm³/mol. The Labute approximate surface area is 162 Å². The maximum Gasteiger partial charge on any atom is 0.416 e. The van der Waals surface area contributed by atoms with Gasteiger partial charge in [-0.15, -0.1) is 0 Å². The van der Waals surface area contributed by atoms with E-state index >= 15 is 0 Å². The molecule has 3 rings (SSSR count). The van der Waals surface area contributed by atoms with E-state index in [2.05, 4.69) is 0 Å². The van der Waals surface area contributed by atoms with Gasteiger partial charge in [-0.3, -0.25) is 0 Å². The fourth-order valence-corrected chi connectivity index (χ4v) is 3.64. The Morgan fingerprint density at radius 3 is 2.07 bits per heavy atom. The molecule has 0 spiro atoms. The topological polar surface area (TPSA) is 32.8 Å². The minimum atomic E-state index is -4.45. The second kappa shape index (κ2) is 7.73. The molecule has 7 heteroatoms. The lowest BCUT2D eigenvalue weighted by Gasteiger charge is -2.29. The van der Waals surface area contributed by atoms with Crippen molar-refractivity contribution in [1.82, 2.24) is 9.80 Å². The monoisotopic (exact) mass is 392 g/mol. The molecule has 1 fully saturated rings. The van der Waals surface area contributed by atoms with Crippen molar-refractivity contribution >= 4 is 6.03 Å². The molecule has 1 aliphatic heterocycles. The summed E-state index contributed by atoms with van der Waals surface area (Å²) in [5.41, 5.74) is 0.360. The Morgan fingerprint density at radius 2 is 1.50 bits per heavy atom. The molecule has 0 saturated carbocycles. The van der Waals surface area contributed by atoms with Crippen LogP contribution in [-0.4, -0.2) is 36.0 Å². The molecule has 1 heterocycles. The van der Waals surface area contributed by atoms with Crippen molar-refractivity contribution < 1.29 is 22.7 Å². The number of halogens is 3. The normalized spacial score (nSPS) is 17.0. The molecule has 4 nitrogen and oxygen atoms in total. The number of ether oxygens (including phenoxy) is 1. The van der Waals surface area contributed by atoms with Gasteiger partial charge in [0.25, 0.3) is 0 Å². The summed E-state index contributed by atoms with van der Waals surface area (Å²) in [5, 5.41) is 0. The summed E-state index contributed by atoms with van der Waals surface area (Å²) in [6.07, 6.45) is -4.45. The fraction of sp³-hybridized carbons (Fsp3) is 0.381. The van der Waals surface area contributed by atoms with E-state index < -0.39 is 17.8 Å². The molecule has 2 aromatic rings. The number of amides is 2. The number of urea groups is 1. The van der Waals surface area contributed by atoms with Crippen molar-refractivity contribution in [3.8, 4) is 5.75 Å². The highest BCUT2D eigenvalue weighted by molar-refractivity contribution is 5.77. The molecule has 150 valence electrons. The van der Waals surface area contributed by atoms with Gasteiger partial charge in [-0.25, -0.2) is 4.79 Å². The highest BCUT2D eigenvalue weighted by Gasteiger charge is 2.39. The first kappa shape index (κ1) is 20.0. The summed E-state index contributed by atoms with van der Waals surface area (Å²) in [4.78, 5) is 16.2. The van der Waals surface area contributed by atoms with Gasteiger partial charge in [-0.1, -0.05) is 30.3 Å². The number of methoxy groups -OCH3 is 1. The van der Waals surface area contributed by atoms with E-state index in [9.17, 15) is 18.0 Å². The number of alkyl halides is 3. The van der Waals surface area contributed by atoms with Crippen molar-refractivity contribution in [2.75, 3.05) is 20.2 Å². The van der Waals surface area contributed by atoms with Crippen LogP contribution in [0.3, 0.4) is 0 Å². The van der Waals surface area contributed by atoms with E-state index in [0.29, 0.717) is 13.1 Å². The van der Waals surface area contributed by atoms with E-state index in [0.717, 1.165) is 17.4 Å². The van der Waals surface area contributed by atoms with Gasteiger partial charge < -0.3 is 14.5 Å². The molecule has 0 aromatic heterocycles. The molecule has 0 radical (unpaired) electrons. The van der Waals surface area contributed by atoms with Gasteiger partial charge in [0.15, 0.2) is 0 Å². The van der Waals surface area contributed by atoms with Crippen molar-refractivity contribution in [1.29, 1.82) is 0 Å². The number of benzene rings is 2. The number of hydrogen-bond acceptors (Lipinski definition) is 2. The third kappa shape index (κ3) is 3.79. The van der Waals surface area contributed by atoms with Crippen LogP contribution in [0, 0.1) is 0 Å². The molecule has 0 unspecified atom stereocenters. The summed E-state index contributed by atoms with van der Waals surface area (Å²) in [6.45, 7) is 4.40. The molecule has 2 atom stereocenters. The first-order valence-corrected chi connectivity index (χ1v) is 9.11. The fourth-order valence-electron chi connectivity index (χ4n) is 3.64. The molecule has 28 heavy (non-hydrogen) atoms. The van der Waals surface area contributed by atoms with E-state index in [-0.39, 0.29) is 17.6 Å². The van der Waals surface area contributed by atoms with Crippen LogP contribution in [0.15, 0.2) is 48.5 Å². The average molecular weight is 392 g/mol. The molecule has 0 aliphatic carbocycles. The lowest BCUT2D eigenvalue weighted by Crippen LogP contribution is -2.35. The Bertz CT molecular complexity index is 836. The van der Waals surface area contributed by atoms with Crippen LogP contribution in [0.25, 0.3) is 0 Å². The van der Waals surface area contributed by atoms with Crippen molar-refractivity contribution in [3.63, 3.8) is 0 Å². The summed E-state index contributed by atoms with van der Waals surface area (Å²) in [7, 11) is 1.58. The van der Waals surface area contributed by atoms with Gasteiger partial charge in [0, 0.05) is 13.1 Å². The van der Waals surface area contributed by atoms with Crippen LogP contribution in [0.2, 0.25) is 0 Å². The van der Waals surface area contributed by atoms with Crippen LogP contribution in [-0.2, 0) is 6.18 Å². The molecule has 0 bridgehead atoms. The second-order valence-electron chi connectivity index (χ2n) is 6.88. The van der Waals surface area contributed by atoms with Gasteiger partial charge >= 0.3 is 12.2 Å². The summed E-state index contributed by atoms with van der Waals surface area (Å²) in [5.74, 6) is 0.725. The summed E-state index contributed by atoms with van der Waals surface area (Å²) >= 11 is 0. The quantitative estimate of drug-likeness (QED) is 0.694. The van der Waals surface area contributed by atoms with E-state index in [1.54, 1.807) is 25.0 Å². The van der Waals surface area contributed by atoms with Crippen LogP contribution >= 0.6 is 0 Å². The van der Waals surface area contributed by atoms with E-state index in [4.69, 9.17) is 4.74 Å². The first-order valence-electron chi connectivity index (χ1n) is 9.11. The number of hydrogen-bond donors (Lipinski definition) is 0. The first-order chi connectivity index (χ1) is 13.2. The van der Waals surface area contributed by atoms with Crippen LogP contribution in [0.1, 0.15) is 42.6 Å². The smallest absolute Gasteiger partial charge is 0.416 e. The molecular formula is C21H23F3N2O2. The van der Waals surface area contributed by atoms with Crippen LogP contribution in [0.4, 0.5) is 18.0 Å². The van der Waals surface area contributed by atoms with Gasteiger partial charge in [-0.05, 0) is 43.2 Å². The zero-order chi connectivity index (χ0) is 20.5. The molecule has 1 saturated heterocycles. The SMILES string of the molecule is COc1ccc([C@H](C)N2CCN([C@@H](C)c3ccccc3C(F)(F)F)C2=O)cc1. The zero-order valence-electron chi connectivity index (χ0n) is 16.0. The minimum Gasteiger partial charge on any atom is -0.497 e. The average Bonchev–Trinajstić information content (AvgIpc) is 3.07. The molecule has 2 amide bonds. The lowest BCUT2D eigenvalue weighted by molar-refractivity contribution is -0.138. The molecule has 2 aromatic carbocycles. The predicted octanol–water partition coefficient (Wildman–Crippen LogP) is 5.27. The van der Waals surface area contributed by atoms with E-state index in [1.165, 1.54) is 17.0 Å². The third-order valence-electron chi connectivity index (χ3n) is 5.32. The molecule has 0 N–H and O–H groups in total. The van der Waals surface area contributed by atoms with Gasteiger partial charge in [0.05, 0.1) is 24.8 Å². The van der Waals surface area contributed by atoms with Crippen LogP contribution in [0.5, 0.6) is 5.75 Å². The minimum absolute atomic E-state index is 0.113. The maximum absolute atomic E-state index is 13.4. The van der Waals surface area contributed by atoms with Crippen LogP contribution < -0.4 is 4.74 Å². The van der Waals surface area contributed by atoms with Gasteiger partial charge in [-0.2, -0.15) is 13.2 Å². The highest BCUT2D eigenvalue weighted by atomic mass is 19.4. The Balaban J connectivity index is 1.80. The van der Waals surface area contributed by atoms with Gasteiger partial charge in [0.2, 0.25) is 0 Å². The number of carbonyl (C=O) groups excluding carboxylic acids is 1. The van der Waals surface area contributed by atoms with Gasteiger partial charge in [0.1, 0.15) is 5.75 Å². The van der Waals surface area contributed by atoms with E-state index in [1.807, 2.05) is 31.2 Å². The standard InChI is InChI=1S/C21H23F3N2O2/c1-14(16-8-10-17(28-3)11-9-16)25-12-13-26(20(25)27)15(2)18-6-4-5-7-19(18)21(22,23)24/h4-11,14-15H,12-13H2,1-3H3/t14-,15-/m0/s1. The largest absolute Gasteiger partial charge is 0.497 e. The lowest BCUT2D eigenvalue weighted by atomic mass is 10.00. The third-order valence-corrected chi connectivity index (χ3v) is 5.32. The zero-order valence-corrected chi connectivity index (χ0v) is 16.0. The summed E-state index contributed by atoms with van der Waals surface area (Å²) in [6, 6.07) is 11.8. The Kier molecular flexibility index (Phi) is 5.54. The molecule has 1 aliphatic rings. The molecular weight excluding hydrogens is 369 g/mol. The number of rotatable bonds is 5. The van der Waals surface area contributed by atoms with Crippen molar-refractivity contribution in [3.05, 3.63) is 65.2 Å². The number of carbonyl (C=O) groups is 1. The Hall–Kier alpha value is -2.70.